The van der Waals surface area contributed by atoms with Crippen LogP contribution in [-0.4, -0.2) is 103 Å². The molecule has 0 amide bonds. The van der Waals surface area contributed by atoms with E-state index in [-0.39, 0.29) is 92.3 Å². The maximum atomic E-state index is 8.28. The molecule has 0 aliphatic heterocycles. The first kappa shape index (κ1) is 15.7. The van der Waals surface area contributed by atoms with Gasteiger partial charge in [-0.1, -0.05) is 0 Å². The van der Waals surface area contributed by atoms with E-state index in [1.165, 1.54) is 0 Å². The Labute approximate surface area is 110 Å². The third-order valence-corrected chi connectivity index (χ3v) is 0. The van der Waals surface area contributed by atoms with Crippen LogP contribution in [0.5, 0.6) is 0 Å². The fourth-order valence-electron chi connectivity index (χ4n) is 0. The summed E-state index contributed by atoms with van der Waals surface area (Å²) in [4.78, 5) is 0. The van der Waals surface area contributed by atoms with Gasteiger partial charge in [-0.2, -0.15) is 0 Å². The van der Waals surface area contributed by atoms with Gasteiger partial charge in [-0.05, 0) is 0 Å². The first-order valence-electron chi connectivity index (χ1n) is 0.289. The molecule has 0 aliphatic carbocycles. The molecule has 0 rings (SSSR count). The van der Waals surface area contributed by atoms with E-state index in [0.717, 1.165) is 0 Å². The van der Waals surface area contributed by atoms with Crippen molar-refractivity contribution in [3.8, 4) is 0 Å². The molecular formula is H5AlBaCaO. The van der Waals surface area contributed by atoms with Crippen molar-refractivity contribution in [1.29, 1.82) is 0 Å². The summed E-state index contributed by atoms with van der Waals surface area (Å²) in [5.41, 5.74) is 0. The predicted octanol–water partition coefficient (Wildman–Crippen LogP) is -1.08. The van der Waals surface area contributed by atoms with Crippen LogP contribution < -0.4 is 0 Å². The van der Waals surface area contributed by atoms with Gasteiger partial charge in [-0.3, -0.25) is 0 Å². The van der Waals surface area contributed by atoms with E-state index in [0.29, 0.717) is 16.2 Å². The van der Waals surface area contributed by atoms with Gasteiger partial charge in [0.15, 0.2) is 0 Å². The third kappa shape index (κ3) is 8.94. The van der Waals surface area contributed by atoms with Crippen molar-refractivity contribution in [2.75, 3.05) is 0 Å². The van der Waals surface area contributed by atoms with E-state index >= 15 is 0 Å². The summed E-state index contributed by atoms with van der Waals surface area (Å²) in [6, 6.07) is 0. The van der Waals surface area contributed by atoms with Crippen molar-refractivity contribution in [2.45, 2.75) is 0 Å². The monoisotopic (exact) mass is 226 g/mol. The van der Waals surface area contributed by atoms with E-state index in [1.807, 2.05) is 0 Å². The Morgan fingerprint density at radius 2 is 1.50 bits per heavy atom. The second kappa shape index (κ2) is 16.4. The molecule has 0 aliphatic rings. The summed E-state index contributed by atoms with van der Waals surface area (Å²) >= 11 is 0.611. The van der Waals surface area contributed by atoms with Crippen LogP contribution in [0, 0.1) is 0 Å². The topological polar surface area (TPSA) is 17.1 Å². The van der Waals surface area contributed by atoms with Gasteiger partial charge < -0.3 is 5.71 Å². The number of rotatable bonds is 0. The molecule has 0 atom stereocenters. The molecule has 0 aromatic heterocycles. The molecule has 0 aromatic rings. The van der Waals surface area contributed by atoms with Gasteiger partial charge in [0, 0.05) is 0 Å². The Hall–Kier alpha value is 3.16. The fraction of sp³-hybridized carbons (Fsp3) is 0. The van der Waals surface area contributed by atoms with Crippen molar-refractivity contribution < 1.29 is 9.51 Å². The van der Waals surface area contributed by atoms with Gasteiger partial charge >= 0.3 is 107 Å². The average Bonchev–Trinajstić information content (AvgIpc) is 1.00. The Morgan fingerprint density at radius 3 is 1.50 bits per heavy atom. The molecule has 0 fully saturated rings. The standard InChI is InChI=1S/Al.Ba.Ca.O.5H/q;2*+2;;;4*-1. The summed E-state index contributed by atoms with van der Waals surface area (Å²) in [6.45, 7) is 0. The number of hydrogen-bond acceptors (Lipinski definition) is 1. The van der Waals surface area contributed by atoms with Crippen molar-refractivity contribution in [3.63, 3.8) is 0 Å². The molecule has 4 heavy (non-hydrogen) atoms. The summed E-state index contributed by atoms with van der Waals surface area (Å²) in [6.07, 6.45) is 0. The zero-order valence-corrected chi connectivity index (χ0v) is 10.6. The van der Waals surface area contributed by atoms with Gasteiger partial charge in [-0.15, -0.1) is 0 Å². The van der Waals surface area contributed by atoms with Crippen LogP contribution in [0.1, 0.15) is 5.71 Å². The molecule has 18 valence electrons. The molecule has 0 radical (unpaired) electrons. The second-order valence-corrected chi connectivity index (χ2v) is 0. The normalized spacial score (nSPS) is 0.750. The summed E-state index contributed by atoms with van der Waals surface area (Å²) in [7, 11) is 0. The zero-order valence-electron chi connectivity index (χ0n) is 6.53. The molecule has 0 aromatic carbocycles. The summed E-state index contributed by atoms with van der Waals surface area (Å²) < 4.78 is 8.28. The molecule has 0 saturated heterocycles. The Morgan fingerprint density at radius 1 is 1.50 bits per heavy atom. The molecule has 1 nitrogen and oxygen atoms in total. The van der Waals surface area contributed by atoms with Crippen LogP contribution in [0.25, 0.3) is 0 Å². The van der Waals surface area contributed by atoms with Crippen molar-refractivity contribution >= 4 is 103 Å². The van der Waals surface area contributed by atoms with Gasteiger partial charge in [0.05, 0.1) is 0 Å². The van der Waals surface area contributed by atoms with Crippen LogP contribution in [0.2, 0.25) is 0 Å². The quantitative estimate of drug-likeness (QED) is 0.480. The van der Waals surface area contributed by atoms with Crippen LogP contribution in [0.4, 0.5) is 0 Å². The minimum atomic E-state index is 0. The molecule has 0 spiro atoms. The van der Waals surface area contributed by atoms with E-state index < -0.39 is 0 Å². The fourth-order valence-corrected chi connectivity index (χ4v) is 0. The molecule has 0 saturated carbocycles. The van der Waals surface area contributed by atoms with Crippen LogP contribution in [0.3, 0.4) is 0 Å². The Bertz CT molecular complexity index is 16.0. The maximum absolute atomic E-state index is 8.28. The van der Waals surface area contributed by atoms with Crippen molar-refractivity contribution in [3.05, 3.63) is 0 Å². The van der Waals surface area contributed by atoms with Gasteiger partial charge in [0.25, 0.3) is 0 Å². The molecule has 0 N–H and O–H groups in total. The van der Waals surface area contributed by atoms with Crippen molar-refractivity contribution in [1.82, 2.24) is 0 Å². The molecular weight excluding hydrogens is 220 g/mol. The molecule has 0 heterocycles. The van der Waals surface area contributed by atoms with E-state index in [9.17, 15) is 0 Å². The predicted molar refractivity (Wildman–Crippen MR) is 23.8 cm³/mol. The number of hydrogen-bond donors (Lipinski definition) is 0. The minimum absolute atomic E-state index is 0. The van der Waals surface area contributed by atoms with Crippen molar-refractivity contribution in [2.24, 2.45) is 0 Å². The first-order valence-corrected chi connectivity index (χ1v) is 0.866. The molecule has 4 heteroatoms. The van der Waals surface area contributed by atoms with E-state index in [4.69, 9.17) is 3.80 Å². The van der Waals surface area contributed by atoms with Crippen LogP contribution in [-0.2, 0) is 3.80 Å². The van der Waals surface area contributed by atoms with Gasteiger partial charge in [0.1, 0.15) is 0 Å². The third-order valence-electron chi connectivity index (χ3n) is 0. The Balaban J connectivity index is -0.000000000333. The van der Waals surface area contributed by atoms with Gasteiger partial charge in [-0.25, -0.2) is 0 Å². The van der Waals surface area contributed by atoms with E-state index in [2.05, 4.69) is 0 Å². The van der Waals surface area contributed by atoms with E-state index in [1.54, 1.807) is 0 Å². The van der Waals surface area contributed by atoms with Gasteiger partial charge in [0.2, 0.25) is 0 Å². The summed E-state index contributed by atoms with van der Waals surface area (Å²) in [5.74, 6) is 0. The first-order chi connectivity index (χ1) is 1.00. The second-order valence-electron chi connectivity index (χ2n) is 0. The molecule has 0 bridgehead atoms. The SMILES string of the molecule is [Ba+2].[Ca+2].[H-].[H-].[H-].[H-].[O]=[AlH]. The average molecular weight is 225 g/mol. The zero-order chi connectivity index (χ0) is 2.00. The van der Waals surface area contributed by atoms with Crippen LogP contribution in [0.15, 0.2) is 0 Å². The molecule has 0 unspecified atom stereocenters. The summed E-state index contributed by atoms with van der Waals surface area (Å²) in [5, 5.41) is 0. The Kier molecular flexibility index (Phi) is 64.4. The van der Waals surface area contributed by atoms with Crippen LogP contribution >= 0.6 is 0 Å².